The van der Waals surface area contributed by atoms with Crippen molar-refractivity contribution in [1.29, 1.82) is 0 Å². The molecular formula is C12H21N3. The molecule has 0 bridgehead atoms. The quantitative estimate of drug-likeness (QED) is 0.818. The molecule has 15 heavy (non-hydrogen) atoms. The SMILES string of the molecule is CC1CCCC1Cn1cncc1CCN. The first kappa shape index (κ1) is 10.7. The molecule has 0 aromatic carbocycles. The molecule has 1 fully saturated rings. The number of hydrogen-bond acceptors (Lipinski definition) is 2. The molecule has 2 unspecified atom stereocenters. The fourth-order valence-electron chi connectivity index (χ4n) is 2.61. The second kappa shape index (κ2) is 4.79. The van der Waals surface area contributed by atoms with Crippen LogP contribution in [0, 0.1) is 11.8 Å². The van der Waals surface area contributed by atoms with E-state index >= 15 is 0 Å². The van der Waals surface area contributed by atoms with Crippen molar-refractivity contribution >= 4 is 0 Å². The average Bonchev–Trinajstić information content (AvgIpc) is 2.80. The predicted octanol–water partition coefficient (Wildman–Crippen LogP) is 1.82. The van der Waals surface area contributed by atoms with Gasteiger partial charge in [-0.3, -0.25) is 0 Å². The third-order valence-corrected chi connectivity index (χ3v) is 3.67. The highest BCUT2D eigenvalue weighted by Crippen LogP contribution is 2.32. The molecular weight excluding hydrogens is 186 g/mol. The highest BCUT2D eigenvalue weighted by molar-refractivity contribution is 4.99. The molecule has 0 radical (unpaired) electrons. The third kappa shape index (κ3) is 2.40. The van der Waals surface area contributed by atoms with Crippen molar-refractivity contribution in [2.24, 2.45) is 17.6 Å². The van der Waals surface area contributed by atoms with Gasteiger partial charge < -0.3 is 10.3 Å². The van der Waals surface area contributed by atoms with E-state index in [0.717, 1.165) is 24.8 Å². The third-order valence-electron chi connectivity index (χ3n) is 3.67. The highest BCUT2D eigenvalue weighted by Gasteiger charge is 2.23. The Balaban J connectivity index is 2.00. The standard InChI is InChI=1S/C12H21N3/c1-10-3-2-4-11(10)8-15-9-14-7-12(15)5-6-13/h7,9-11H,2-6,8,13H2,1H3. The molecule has 0 saturated heterocycles. The predicted molar refractivity (Wildman–Crippen MR) is 61.5 cm³/mol. The molecule has 84 valence electrons. The van der Waals surface area contributed by atoms with Crippen LogP contribution in [-0.2, 0) is 13.0 Å². The van der Waals surface area contributed by atoms with Gasteiger partial charge in [0, 0.05) is 24.9 Å². The molecule has 2 N–H and O–H groups in total. The Bertz CT molecular complexity index is 306. The molecule has 3 nitrogen and oxygen atoms in total. The van der Waals surface area contributed by atoms with Crippen molar-refractivity contribution in [1.82, 2.24) is 9.55 Å². The van der Waals surface area contributed by atoms with Gasteiger partial charge in [-0.15, -0.1) is 0 Å². The van der Waals surface area contributed by atoms with Crippen LogP contribution in [0.15, 0.2) is 12.5 Å². The van der Waals surface area contributed by atoms with Gasteiger partial charge >= 0.3 is 0 Å². The summed E-state index contributed by atoms with van der Waals surface area (Å²) in [5.41, 5.74) is 6.87. The number of imidazole rings is 1. The molecule has 1 heterocycles. The first-order valence-electron chi connectivity index (χ1n) is 6.00. The molecule has 0 aliphatic heterocycles. The maximum atomic E-state index is 5.58. The van der Waals surface area contributed by atoms with Gasteiger partial charge in [0.05, 0.1) is 6.33 Å². The Morgan fingerprint density at radius 2 is 2.40 bits per heavy atom. The maximum Gasteiger partial charge on any atom is 0.0948 e. The number of nitrogens with zero attached hydrogens (tertiary/aromatic N) is 2. The van der Waals surface area contributed by atoms with Gasteiger partial charge in [0.15, 0.2) is 0 Å². The average molecular weight is 207 g/mol. The van der Waals surface area contributed by atoms with Crippen molar-refractivity contribution in [3.63, 3.8) is 0 Å². The van der Waals surface area contributed by atoms with Crippen molar-refractivity contribution in [3.8, 4) is 0 Å². The zero-order chi connectivity index (χ0) is 10.7. The van der Waals surface area contributed by atoms with E-state index in [4.69, 9.17) is 5.73 Å². The number of nitrogens with two attached hydrogens (primary N) is 1. The fourth-order valence-corrected chi connectivity index (χ4v) is 2.61. The van der Waals surface area contributed by atoms with E-state index in [9.17, 15) is 0 Å². The lowest BCUT2D eigenvalue weighted by atomic mass is 9.98. The molecule has 1 aromatic rings. The lowest BCUT2D eigenvalue weighted by Gasteiger charge is -2.17. The van der Waals surface area contributed by atoms with Gasteiger partial charge in [-0.25, -0.2) is 4.98 Å². The van der Waals surface area contributed by atoms with E-state index in [1.54, 1.807) is 0 Å². The van der Waals surface area contributed by atoms with E-state index < -0.39 is 0 Å². The van der Waals surface area contributed by atoms with Crippen LogP contribution in [0.5, 0.6) is 0 Å². The Morgan fingerprint density at radius 3 is 3.07 bits per heavy atom. The van der Waals surface area contributed by atoms with Crippen LogP contribution < -0.4 is 5.73 Å². The van der Waals surface area contributed by atoms with Crippen molar-refractivity contribution < 1.29 is 0 Å². The first-order chi connectivity index (χ1) is 7.31. The summed E-state index contributed by atoms with van der Waals surface area (Å²) in [6, 6.07) is 0. The molecule has 0 spiro atoms. The normalized spacial score (nSPS) is 26.0. The monoisotopic (exact) mass is 207 g/mol. The summed E-state index contributed by atoms with van der Waals surface area (Å²) in [6.07, 6.45) is 9.02. The Hall–Kier alpha value is -0.830. The number of hydrogen-bond donors (Lipinski definition) is 1. The molecule has 2 atom stereocenters. The van der Waals surface area contributed by atoms with Gasteiger partial charge in [0.1, 0.15) is 0 Å². The van der Waals surface area contributed by atoms with E-state index in [1.165, 1.54) is 25.0 Å². The van der Waals surface area contributed by atoms with Gasteiger partial charge in [0.2, 0.25) is 0 Å². The molecule has 2 rings (SSSR count). The minimum atomic E-state index is 0.714. The number of rotatable bonds is 4. The van der Waals surface area contributed by atoms with Crippen LogP contribution in [0.4, 0.5) is 0 Å². The summed E-state index contributed by atoms with van der Waals surface area (Å²) < 4.78 is 2.29. The lowest BCUT2D eigenvalue weighted by molar-refractivity contribution is 0.359. The fraction of sp³-hybridized carbons (Fsp3) is 0.750. The van der Waals surface area contributed by atoms with Crippen LogP contribution in [-0.4, -0.2) is 16.1 Å². The van der Waals surface area contributed by atoms with Crippen molar-refractivity contribution in [2.75, 3.05) is 6.54 Å². The van der Waals surface area contributed by atoms with Crippen LogP contribution >= 0.6 is 0 Å². The lowest BCUT2D eigenvalue weighted by Crippen LogP contribution is -2.16. The van der Waals surface area contributed by atoms with Crippen LogP contribution in [0.25, 0.3) is 0 Å². The minimum Gasteiger partial charge on any atom is -0.334 e. The molecule has 0 amide bonds. The summed E-state index contributed by atoms with van der Waals surface area (Å²) in [6.45, 7) is 4.22. The highest BCUT2D eigenvalue weighted by atomic mass is 15.0. The number of aromatic nitrogens is 2. The summed E-state index contributed by atoms with van der Waals surface area (Å²) in [5, 5.41) is 0. The molecule has 1 aliphatic carbocycles. The van der Waals surface area contributed by atoms with E-state index in [-0.39, 0.29) is 0 Å². The van der Waals surface area contributed by atoms with E-state index in [0.29, 0.717) is 6.54 Å². The van der Waals surface area contributed by atoms with Crippen molar-refractivity contribution in [2.45, 2.75) is 39.2 Å². The topological polar surface area (TPSA) is 43.8 Å². The van der Waals surface area contributed by atoms with Gasteiger partial charge in [-0.2, -0.15) is 0 Å². The van der Waals surface area contributed by atoms with Crippen LogP contribution in [0.2, 0.25) is 0 Å². The zero-order valence-electron chi connectivity index (χ0n) is 9.52. The maximum absolute atomic E-state index is 5.58. The van der Waals surface area contributed by atoms with Crippen LogP contribution in [0.1, 0.15) is 31.9 Å². The summed E-state index contributed by atoms with van der Waals surface area (Å²) in [5.74, 6) is 1.72. The van der Waals surface area contributed by atoms with Gasteiger partial charge in [-0.1, -0.05) is 19.8 Å². The molecule has 1 aromatic heterocycles. The molecule has 3 heteroatoms. The van der Waals surface area contributed by atoms with Crippen molar-refractivity contribution in [3.05, 3.63) is 18.2 Å². The Kier molecular flexibility index (Phi) is 3.41. The zero-order valence-corrected chi connectivity index (χ0v) is 9.52. The summed E-state index contributed by atoms with van der Waals surface area (Å²) in [4.78, 5) is 4.22. The van der Waals surface area contributed by atoms with E-state index in [2.05, 4.69) is 16.5 Å². The van der Waals surface area contributed by atoms with Crippen LogP contribution in [0.3, 0.4) is 0 Å². The first-order valence-corrected chi connectivity index (χ1v) is 6.00. The molecule has 1 saturated carbocycles. The largest absolute Gasteiger partial charge is 0.334 e. The summed E-state index contributed by atoms with van der Waals surface area (Å²) in [7, 11) is 0. The van der Waals surface area contributed by atoms with Gasteiger partial charge in [-0.05, 0) is 24.8 Å². The Labute approximate surface area is 91.7 Å². The second-order valence-electron chi connectivity index (χ2n) is 4.74. The smallest absolute Gasteiger partial charge is 0.0948 e. The second-order valence-corrected chi connectivity index (χ2v) is 4.74. The summed E-state index contributed by atoms with van der Waals surface area (Å²) >= 11 is 0. The van der Waals surface area contributed by atoms with E-state index in [1.807, 2.05) is 12.5 Å². The Morgan fingerprint density at radius 1 is 1.53 bits per heavy atom. The van der Waals surface area contributed by atoms with Gasteiger partial charge in [0.25, 0.3) is 0 Å². The minimum absolute atomic E-state index is 0.714. The molecule has 1 aliphatic rings.